The number of carboxylic acids is 1. The van der Waals surface area contributed by atoms with Crippen LogP contribution in [0.1, 0.15) is 32.6 Å². The summed E-state index contributed by atoms with van der Waals surface area (Å²) < 4.78 is 18.3. The molecular weight excluding hydrogens is 289 g/mol. The van der Waals surface area contributed by atoms with Crippen LogP contribution in [0.3, 0.4) is 0 Å². The molecule has 0 saturated heterocycles. The second-order valence-electron chi connectivity index (χ2n) is 5.46. The highest BCUT2D eigenvalue weighted by atomic mass is 19.1. The number of nitrogens with zero attached hydrogens (tertiary/aromatic N) is 1. The van der Waals surface area contributed by atoms with Crippen molar-refractivity contribution in [2.24, 2.45) is 0 Å². The molecule has 1 unspecified atom stereocenters. The molecule has 1 fully saturated rings. The first kappa shape index (κ1) is 16.3. The normalized spacial score (nSPS) is 15.2. The Bertz CT molecular complexity index is 545. The Morgan fingerprint density at radius 1 is 1.45 bits per heavy atom. The monoisotopic (exact) mass is 309 g/mol. The van der Waals surface area contributed by atoms with Crippen LogP contribution >= 0.6 is 0 Å². The Labute approximate surface area is 128 Å². The first-order valence-electron chi connectivity index (χ1n) is 7.41. The smallest absolute Gasteiger partial charge is 0.326 e. The Kier molecular flexibility index (Phi) is 5.35. The summed E-state index contributed by atoms with van der Waals surface area (Å²) in [6.45, 7) is 1.82. The number of carboxylic acid groups (broad SMARTS) is 1. The summed E-state index contributed by atoms with van der Waals surface area (Å²) in [5.74, 6) is -1.11. The second-order valence-corrected chi connectivity index (χ2v) is 5.46. The van der Waals surface area contributed by atoms with Crippen LogP contribution < -0.4 is 4.74 Å². The molecule has 1 amide bonds. The van der Waals surface area contributed by atoms with E-state index in [1.54, 1.807) is 12.1 Å². The third kappa shape index (κ3) is 4.44. The van der Waals surface area contributed by atoms with Gasteiger partial charge in [-0.15, -0.1) is 0 Å². The van der Waals surface area contributed by atoms with Gasteiger partial charge in [0.05, 0.1) is 6.61 Å². The quantitative estimate of drug-likeness (QED) is 0.749. The van der Waals surface area contributed by atoms with E-state index in [9.17, 15) is 14.0 Å². The highest BCUT2D eigenvalue weighted by Gasteiger charge is 2.37. The zero-order valence-electron chi connectivity index (χ0n) is 12.5. The van der Waals surface area contributed by atoms with Gasteiger partial charge in [-0.05, 0) is 38.3 Å². The van der Waals surface area contributed by atoms with Crippen molar-refractivity contribution in [3.63, 3.8) is 0 Å². The van der Waals surface area contributed by atoms with Crippen LogP contribution in [0.25, 0.3) is 0 Å². The predicted molar refractivity (Wildman–Crippen MR) is 78.1 cm³/mol. The van der Waals surface area contributed by atoms with Gasteiger partial charge in [-0.1, -0.05) is 6.07 Å². The van der Waals surface area contributed by atoms with Crippen LogP contribution in [0.15, 0.2) is 24.3 Å². The van der Waals surface area contributed by atoms with Gasteiger partial charge in [0.25, 0.3) is 0 Å². The van der Waals surface area contributed by atoms with Gasteiger partial charge in [0, 0.05) is 18.5 Å². The van der Waals surface area contributed by atoms with Gasteiger partial charge >= 0.3 is 5.97 Å². The van der Waals surface area contributed by atoms with E-state index in [0.717, 1.165) is 12.8 Å². The largest absolute Gasteiger partial charge is 0.493 e. The topological polar surface area (TPSA) is 66.8 Å². The van der Waals surface area contributed by atoms with Crippen LogP contribution in [-0.4, -0.2) is 40.6 Å². The lowest BCUT2D eigenvalue weighted by atomic mass is 10.2. The van der Waals surface area contributed by atoms with Crippen molar-refractivity contribution >= 4 is 11.9 Å². The van der Waals surface area contributed by atoms with Crippen LogP contribution in [0.2, 0.25) is 0 Å². The third-order valence-electron chi connectivity index (χ3n) is 3.60. The predicted octanol–water partition coefficient (Wildman–Crippen LogP) is 2.45. The van der Waals surface area contributed by atoms with Crippen molar-refractivity contribution in [3.05, 3.63) is 30.1 Å². The summed E-state index contributed by atoms with van der Waals surface area (Å²) in [7, 11) is 0. The van der Waals surface area contributed by atoms with Gasteiger partial charge in [-0.25, -0.2) is 9.18 Å². The van der Waals surface area contributed by atoms with Crippen molar-refractivity contribution in [3.8, 4) is 5.75 Å². The number of carbonyl (C=O) groups is 2. The van der Waals surface area contributed by atoms with Gasteiger partial charge in [0.2, 0.25) is 5.91 Å². The fourth-order valence-electron chi connectivity index (χ4n) is 2.31. The molecule has 0 spiro atoms. The fraction of sp³-hybridized carbons (Fsp3) is 0.500. The molecule has 1 atom stereocenters. The molecule has 1 N–H and O–H groups in total. The number of amides is 1. The Morgan fingerprint density at radius 3 is 2.77 bits per heavy atom. The molecule has 120 valence electrons. The minimum absolute atomic E-state index is 0.0581. The lowest BCUT2D eigenvalue weighted by molar-refractivity contribution is -0.150. The number of halogens is 1. The maximum absolute atomic E-state index is 13.0. The fourth-order valence-corrected chi connectivity index (χ4v) is 2.31. The average Bonchev–Trinajstić information content (AvgIpc) is 3.28. The zero-order chi connectivity index (χ0) is 16.1. The van der Waals surface area contributed by atoms with Gasteiger partial charge in [0.1, 0.15) is 17.6 Å². The SMILES string of the molecule is CC(C(=O)O)N(C(=O)CCCOc1cccc(F)c1)C1CC1. The molecule has 0 radical (unpaired) electrons. The van der Waals surface area contributed by atoms with Crippen molar-refractivity contribution in [2.75, 3.05) is 6.61 Å². The summed E-state index contributed by atoms with van der Waals surface area (Å²) in [4.78, 5) is 24.7. The number of aliphatic carboxylic acids is 1. The number of hydrogen-bond acceptors (Lipinski definition) is 3. The molecule has 2 rings (SSSR count). The van der Waals surface area contributed by atoms with E-state index in [-0.39, 0.29) is 30.8 Å². The van der Waals surface area contributed by atoms with E-state index in [0.29, 0.717) is 12.2 Å². The molecule has 1 aromatic rings. The molecular formula is C16H20FNO4. The second kappa shape index (κ2) is 7.24. The number of hydrogen-bond donors (Lipinski definition) is 1. The molecule has 0 bridgehead atoms. The highest BCUT2D eigenvalue weighted by molar-refractivity contribution is 5.83. The molecule has 0 heterocycles. The number of ether oxygens (including phenoxy) is 1. The molecule has 1 aliphatic carbocycles. The molecule has 6 heteroatoms. The molecule has 1 aromatic carbocycles. The summed E-state index contributed by atoms with van der Waals surface area (Å²) in [6, 6.07) is 5.07. The van der Waals surface area contributed by atoms with Crippen molar-refractivity contribution in [2.45, 2.75) is 44.7 Å². The number of carbonyl (C=O) groups excluding carboxylic acids is 1. The minimum Gasteiger partial charge on any atom is -0.493 e. The van der Waals surface area contributed by atoms with Gasteiger partial charge < -0.3 is 14.7 Å². The molecule has 1 aliphatic rings. The first-order chi connectivity index (χ1) is 10.5. The molecule has 5 nitrogen and oxygen atoms in total. The standard InChI is InChI=1S/C16H20FNO4/c1-11(16(20)21)18(13-7-8-13)15(19)6-3-9-22-14-5-2-4-12(17)10-14/h2,4-5,10-11,13H,3,6-9H2,1H3,(H,20,21). The van der Waals surface area contributed by atoms with Crippen LogP contribution in [0.5, 0.6) is 5.75 Å². The zero-order valence-corrected chi connectivity index (χ0v) is 12.5. The Balaban J connectivity index is 1.77. The van der Waals surface area contributed by atoms with E-state index in [4.69, 9.17) is 9.84 Å². The van der Waals surface area contributed by atoms with E-state index < -0.39 is 12.0 Å². The average molecular weight is 309 g/mol. The molecule has 0 aliphatic heterocycles. The van der Waals surface area contributed by atoms with Gasteiger partial charge in [-0.3, -0.25) is 4.79 Å². The lowest BCUT2D eigenvalue weighted by Crippen LogP contribution is -2.44. The van der Waals surface area contributed by atoms with E-state index in [1.807, 2.05) is 0 Å². The van der Waals surface area contributed by atoms with Gasteiger partial charge in [-0.2, -0.15) is 0 Å². The van der Waals surface area contributed by atoms with Crippen molar-refractivity contribution < 1.29 is 23.8 Å². The van der Waals surface area contributed by atoms with Crippen LogP contribution in [-0.2, 0) is 9.59 Å². The Hall–Kier alpha value is -2.11. The maximum atomic E-state index is 13.0. The number of benzene rings is 1. The number of rotatable bonds is 8. The van der Waals surface area contributed by atoms with E-state index >= 15 is 0 Å². The van der Waals surface area contributed by atoms with Crippen molar-refractivity contribution in [1.82, 2.24) is 4.90 Å². The Morgan fingerprint density at radius 2 is 2.18 bits per heavy atom. The molecule has 22 heavy (non-hydrogen) atoms. The molecule has 0 aromatic heterocycles. The lowest BCUT2D eigenvalue weighted by Gasteiger charge is -2.26. The summed E-state index contributed by atoms with van der Waals surface area (Å²) in [6.07, 6.45) is 2.42. The van der Waals surface area contributed by atoms with Crippen molar-refractivity contribution in [1.29, 1.82) is 0 Å². The van der Waals surface area contributed by atoms with Crippen LogP contribution in [0.4, 0.5) is 4.39 Å². The first-order valence-corrected chi connectivity index (χ1v) is 7.41. The summed E-state index contributed by atoms with van der Waals surface area (Å²) in [5, 5.41) is 9.07. The van der Waals surface area contributed by atoms with Gasteiger partial charge in [0.15, 0.2) is 0 Å². The minimum atomic E-state index is -0.990. The molecule has 1 saturated carbocycles. The summed E-state index contributed by atoms with van der Waals surface area (Å²) in [5.41, 5.74) is 0. The summed E-state index contributed by atoms with van der Waals surface area (Å²) >= 11 is 0. The van der Waals surface area contributed by atoms with Crippen LogP contribution in [0, 0.1) is 5.82 Å². The third-order valence-corrected chi connectivity index (χ3v) is 3.60. The maximum Gasteiger partial charge on any atom is 0.326 e. The van der Waals surface area contributed by atoms with E-state index in [1.165, 1.54) is 24.0 Å². The van der Waals surface area contributed by atoms with E-state index in [2.05, 4.69) is 0 Å². The highest BCUT2D eigenvalue weighted by Crippen LogP contribution is 2.29.